The summed E-state index contributed by atoms with van der Waals surface area (Å²) in [6, 6.07) is 8.57. The third kappa shape index (κ3) is 3.38. The Labute approximate surface area is 161 Å². The minimum atomic E-state index is -1.03. The Morgan fingerprint density at radius 1 is 1.29 bits per heavy atom. The molecule has 0 unspecified atom stereocenters. The molecular weight excluding hydrogens is 365 g/mol. The second kappa shape index (κ2) is 7.12. The third-order valence-corrected chi connectivity index (χ3v) is 5.04. The molecule has 1 atom stereocenters. The predicted molar refractivity (Wildman–Crippen MR) is 101 cm³/mol. The number of rotatable bonds is 4. The van der Waals surface area contributed by atoms with Crippen LogP contribution in [0.15, 0.2) is 36.4 Å². The molecule has 2 aromatic rings. The van der Waals surface area contributed by atoms with Crippen molar-refractivity contribution in [1.82, 2.24) is 10.2 Å². The molecule has 0 saturated carbocycles. The van der Waals surface area contributed by atoms with E-state index in [-0.39, 0.29) is 23.4 Å². The molecule has 4 rings (SSSR count). The number of carbonyl (C=O) groups excluding carboxylic acids is 1. The van der Waals surface area contributed by atoms with Crippen LogP contribution in [-0.2, 0) is 0 Å². The highest BCUT2D eigenvalue weighted by Gasteiger charge is 2.39. The topological polar surface area (TPSA) is 82.1 Å². The molecule has 2 heterocycles. The molecule has 2 aliphatic rings. The van der Waals surface area contributed by atoms with Gasteiger partial charge in [0.2, 0.25) is 0 Å². The standard InChI is InChI=1S/C20H20FN3O4/c1-12-6-13(19(25)26)2-3-18(12)28-17-8-14(21)7-15(9-17)24-11-16-10-22-4-5-23(16)20(24)27/h2-3,6-9,16,22H,4-5,10-11H2,1H3,(H,25,26)/t16-/m0/s1. The first-order valence-electron chi connectivity index (χ1n) is 9.03. The highest BCUT2D eigenvalue weighted by Crippen LogP contribution is 2.32. The number of carboxylic acid groups (broad SMARTS) is 1. The zero-order valence-electron chi connectivity index (χ0n) is 15.3. The van der Waals surface area contributed by atoms with Gasteiger partial charge in [0, 0.05) is 38.3 Å². The number of aryl methyl sites for hydroxylation is 1. The lowest BCUT2D eigenvalue weighted by Gasteiger charge is -2.28. The maximum Gasteiger partial charge on any atom is 0.335 e. The number of anilines is 1. The van der Waals surface area contributed by atoms with E-state index in [1.807, 2.05) is 0 Å². The van der Waals surface area contributed by atoms with Gasteiger partial charge in [0.15, 0.2) is 0 Å². The fourth-order valence-electron chi connectivity index (χ4n) is 3.62. The number of nitrogens with one attached hydrogen (secondary N) is 1. The molecule has 146 valence electrons. The van der Waals surface area contributed by atoms with Crippen LogP contribution < -0.4 is 15.0 Å². The number of hydrogen-bond donors (Lipinski definition) is 2. The van der Waals surface area contributed by atoms with E-state index >= 15 is 0 Å². The van der Waals surface area contributed by atoms with Gasteiger partial charge in [0.25, 0.3) is 0 Å². The third-order valence-electron chi connectivity index (χ3n) is 5.04. The number of aromatic carboxylic acids is 1. The second-order valence-electron chi connectivity index (χ2n) is 6.98. The van der Waals surface area contributed by atoms with Crippen molar-refractivity contribution in [2.45, 2.75) is 13.0 Å². The molecule has 7 nitrogen and oxygen atoms in total. The SMILES string of the molecule is Cc1cc(C(=O)O)ccc1Oc1cc(F)cc(N2C[C@@H]3CNCCN3C2=O)c1. The molecule has 2 saturated heterocycles. The molecule has 0 bridgehead atoms. The Kier molecular flexibility index (Phi) is 4.64. The van der Waals surface area contributed by atoms with Gasteiger partial charge in [-0.05, 0) is 36.8 Å². The summed E-state index contributed by atoms with van der Waals surface area (Å²) in [7, 11) is 0. The van der Waals surface area contributed by atoms with Crippen molar-refractivity contribution in [2.24, 2.45) is 0 Å². The number of piperazine rings is 1. The summed E-state index contributed by atoms with van der Waals surface area (Å²) in [5, 5.41) is 12.3. The maximum absolute atomic E-state index is 14.2. The highest BCUT2D eigenvalue weighted by atomic mass is 19.1. The molecule has 0 spiro atoms. The lowest BCUT2D eigenvalue weighted by atomic mass is 10.1. The number of carbonyl (C=O) groups is 2. The molecule has 2 aromatic carbocycles. The van der Waals surface area contributed by atoms with Gasteiger partial charge in [-0.2, -0.15) is 0 Å². The molecule has 0 aliphatic carbocycles. The van der Waals surface area contributed by atoms with Crippen LogP contribution in [0, 0.1) is 12.7 Å². The molecule has 8 heteroatoms. The van der Waals surface area contributed by atoms with E-state index in [1.54, 1.807) is 22.8 Å². The van der Waals surface area contributed by atoms with Gasteiger partial charge in [0.05, 0.1) is 17.3 Å². The number of hydrogen-bond acceptors (Lipinski definition) is 4. The molecular formula is C20H20FN3O4. The minimum absolute atomic E-state index is 0.0692. The molecule has 0 aromatic heterocycles. The van der Waals surface area contributed by atoms with Crippen molar-refractivity contribution >= 4 is 17.7 Å². The molecule has 2 aliphatic heterocycles. The number of amides is 2. The number of fused-ring (bicyclic) bond motifs is 1. The average Bonchev–Trinajstić information content (AvgIpc) is 3.00. The van der Waals surface area contributed by atoms with E-state index in [0.29, 0.717) is 30.1 Å². The zero-order chi connectivity index (χ0) is 19.8. The molecule has 2 N–H and O–H groups in total. The second-order valence-corrected chi connectivity index (χ2v) is 6.98. The van der Waals surface area contributed by atoms with Crippen molar-refractivity contribution < 1.29 is 23.8 Å². The van der Waals surface area contributed by atoms with E-state index in [9.17, 15) is 14.0 Å². The quantitative estimate of drug-likeness (QED) is 0.846. The number of urea groups is 1. The number of ether oxygens (including phenoxy) is 1. The van der Waals surface area contributed by atoms with Gasteiger partial charge < -0.3 is 20.1 Å². The van der Waals surface area contributed by atoms with Gasteiger partial charge >= 0.3 is 12.0 Å². The van der Waals surface area contributed by atoms with Crippen LogP contribution in [0.25, 0.3) is 0 Å². The van der Waals surface area contributed by atoms with E-state index in [1.165, 1.54) is 30.3 Å². The van der Waals surface area contributed by atoms with E-state index in [4.69, 9.17) is 9.84 Å². The summed E-state index contributed by atoms with van der Waals surface area (Å²) >= 11 is 0. The van der Waals surface area contributed by atoms with Crippen molar-refractivity contribution in [2.75, 3.05) is 31.1 Å². The van der Waals surface area contributed by atoms with Crippen molar-refractivity contribution in [1.29, 1.82) is 0 Å². The Balaban J connectivity index is 1.60. The Morgan fingerprint density at radius 2 is 2.11 bits per heavy atom. The summed E-state index contributed by atoms with van der Waals surface area (Å²) in [4.78, 5) is 27.1. The Morgan fingerprint density at radius 3 is 2.82 bits per heavy atom. The first-order valence-corrected chi connectivity index (χ1v) is 9.03. The Bertz CT molecular complexity index is 949. The number of carboxylic acids is 1. The number of nitrogens with zero attached hydrogens (tertiary/aromatic N) is 2. The molecule has 2 amide bonds. The van der Waals surface area contributed by atoms with Crippen LogP contribution in [0.2, 0.25) is 0 Å². The van der Waals surface area contributed by atoms with Gasteiger partial charge in [-0.15, -0.1) is 0 Å². The van der Waals surface area contributed by atoms with Crippen LogP contribution in [0.3, 0.4) is 0 Å². The van der Waals surface area contributed by atoms with E-state index < -0.39 is 11.8 Å². The summed E-state index contributed by atoms with van der Waals surface area (Å²) in [6.07, 6.45) is 0. The molecule has 28 heavy (non-hydrogen) atoms. The summed E-state index contributed by atoms with van der Waals surface area (Å²) in [6.45, 7) is 4.31. The number of benzene rings is 2. The van der Waals surface area contributed by atoms with Crippen LogP contribution in [-0.4, -0.2) is 54.2 Å². The van der Waals surface area contributed by atoms with Crippen LogP contribution in [0.1, 0.15) is 15.9 Å². The van der Waals surface area contributed by atoms with Crippen LogP contribution in [0.4, 0.5) is 14.9 Å². The van der Waals surface area contributed by atoms with E-state index in [0.717, 1.165) is 13.1 Å². The predicted octanol–water partition coefficient (Wildman–Crippen LogP) is 2.84. The lowest BCUT2D eigenvalue weighted by Crippen LogP contribution is -2.49. The average molecular weight is 385 g/mol. The van der Waals surface area contributed by atoms with Crippen molar-refractivity contribution in [3.8, 4) is 11.5 Å². The number of halogens is 1. The monoisotopic (exact) mass is 385 g/mol. The van der Waals surface area contributed by atoms with Gasteiger partial charge in [0.1, 0.15) is 17.3 Å². The fraction of sp³-hybridized carbons (Fsp3) is 0.300. The zero-order valence-corrected chi connectivity index (χ0v) is 15.3. The highest BCUT2D eigenvalue weighted by molar-refractivity contribution is 5.95. The van der Waals surface area contributed by atoms with Crippen molar-refractivity contribution in [3.63, 3.8) is 0 Å². The summed E-state index contributed by atoms with van der Waals surface area (Å²) < 4.78 is 20.0. The van der Waals surface area contributed by atoms with Gasteiger partial charge in [-0.3, -0.25) is 4.90 Å². The minimum Gasteiger partial charge on any atom is -0.478 e. The first-order chi connectivity index (χ1) is 13.4. The maximum atomic E-state index is 14.2. The van der Waals surface area contributed by atoms with Crippen LogP contribution >= 0.6 is 0 Å². The summed E-state index contributed by atoms with van der Waals surface area (Å²) in [5.74, 6) is -0.864. The molecule has 0 radical (unpaired) electrons. The van der Waals surface area contributed by atoms with Gasteiger partial charge in [-0.1, -0.05) is 0 Å². The largest absolute Gasteiger partial charge is 0.478 e. The van der Waals surface area contributed by atoms with Gasteiger partial charge in [-0.25, -0.2) is 14.0 Å². The summed E-state index contributed by atoms with van der Waals surface area (Å²) in [5.41, 5.74) is 1.21. The van der Waals surface area contributed by atoms with E-state index in [2.05, 4.69) is 5.32 Å². The lowest BCUT2D eigenvalue weighted by molar-refractivity contribution is 0.0696. The first kappa shape index (κ1) is 18.2. The fourth-order valence-corrected chi connectivity index (χ4v) is 3.62. The Hall–Kier alpha value is -3.13. The van der Waals surface area contributed by atoms with Crippen molar-refractivity contribution in [3.05, 3.63) is 53.3 Å². The van der Waals surface area contributed by atoms with Crippen LogP contribution in [0.5, 0.6) is 11.5 Å². The smallest absolute Gasteiger partial charge is 0.335 e. The molecule has 2 fully saturated rings. The normalized spacial score (nSPS) is 18.9.